The zero-order chi connectivity index (χ0) is 8.81. The summed E-state index contributed by atoms with van der Waals surface area (Å²) < 4.78 is 0. The standard InChI is InChI=1S/C8H6S2.C2H2/c1-3-7(9-5-1)8-4-2-6-10-8;1-2/h1-6H;1-2H. The maximum absolute atomic E-state index is 4.00. The first kappa shape index (κ1) is 9.05. The highest BCUT2D eigenvalue weighted by molar-refractivity contribution is 7.20. The van der Waals surface area contributed by atoms with Gasteiger partial charge in [0.15, 0.2) is 0 Å². The minimum absolute atomic E-state index is 1.37. The highest BCUT2D eigenvalue weighted by Gasteiger charge is 1.96. The monoisotopic (exact) mass is 192 g/mol. The minimum Gasteiger partial charge on any atom is -0.143 e. The molecule has 2 rings (SSSR count). The first-order valence-electron chi connectivity index (χ1n) is 3.37. The van der Waals surface area contributed by atoms with Crippen LogP contribution in [0.1, 0.15) is 0 Å². The third-order valence-corrected chi connectivity index (χ3v) is 3.22. The molecule has 60 valence electrons. The summed E-state index contributed by atoms with van der Waals surface area (Å²) in [5.74, 6) is 0. The molecule has 12 heavy (non-hydrogen) atoms. The molecular weight excluding hydrogens is 184 g/mol. The lowest BCUT2D eigenvalue weighted by molar-refractivity contribution is 1.93. The lowest BCUT2D eigenvalue weighted by Crippen LogP contribution is -1.55. The SMILES string of the molecule is C#C.c1csc(-c2cccs2)c1. The van der Waals surface area contributed by atoms with E-state index >= 15 is 0 Å². The van der Waals surface area contributed by atoms with Crippen LogP contribution in [0.3, 0.4) is 0 Å². The van der Waals surface area contributed by atoms with Crippen LogP contribution in [0.5, 0.6) is 0 Å². The molecule has 2 heterocycles. The Hall–Kier alpha value is -1.04. The van der Waals surface area contributed by atoms with Crippen LogP contribution in [0, 0.1) is 12.8 Å². The average molecular weight is 192 g/mol. The Kier molecular flexibility index (Phi) is 3.59. The van der Waals surface area contributed by atoms with Gasteiger partial charge in [0.05, 0.1) is 0 Å². The Bertz CT molecular complexity index is 282. The third kappa shape index (κ3) is 1.97. The van der Waals surface area contributed by atoms with Gasteiger partial charge >= 0.3 is 0 Å². The summed E-state index contributed by atoms with van der Waals surface area (Å²) >= 11 is 3.58. The summed E-state index contributed by atoms with van der Waals surface area (Å²) in [6.45, 7) is 0. The van der Waals surface area contributed by atoms with Gasteiger partial charge in [-0.15, -0.1) is 35.5 Å². The largest absolute Gasteiger partial charge is 0.143 e. The molecule has 0 aromatic carbocycles. The van der Waals surface area contributed by atoms with E-state index in [9.17, 15) is 0 Å². The van der Waals surface area contributed by atoms with E-state index < -0.39 is 0 Å². The minimum atomic E-state index is 1.37. The Morgan fingerprint density at radius 3 is 1.50 bits per heavy atom. The molecule has 0 spiro atoms. The number of terminal acetylenes is 1. The number of hydrogen-bond donors (Lipinski definition) is 0. The molecule has 0 saturated carbocycles. The molecule has 2 aromatic rings. The van der Waals surface area contributed by atoms with Crippen LogP contribution >= 0.6 is 22.7 Å². The van der Waals surface area contributed by atoms with Crippen LogP contribution in [0.2, 0.25) is 0 Å². The Morgan fingerprint density at radius 1 is 0.833 bits per heavy atom. The van der Waals surface area contributed by atoms with Crippen LogP contribution in [-0.2, 0) is 0 Å². The fourth-order valence-electron chi connectivity index (χ4n) is 0.838. The van der Waals surface area contributed by atoms with Crippen molar-refractivity contribution in [3.63, 3.8) is 0 Å². The van der Waals surface area contributed by atoms with Gasteiger partial charge in [-0.3, -0.25) is 0 Å². The molecule has 0 aliphatic heterocycles. The van der Waals surface area contributed by atoms with Crippen molar-refractivity contribution in [2.45, 2.75) is 0 Å². The van der Waals surface area contributed by atoms with E-state index in [-0.39, 0.29) is 0 Å². The fourth-order valence-corrected chi connectivity index (χ4v) is 2.42. The summed E-state index contributed by atoms with van der Waals surface area (Å²) in [7, 11) is 0. The van der Waals surface area contributed by atoms with Crippen molar-refractivity contribution in [3.05, 3.63) is 35.0 Å². The van der Waals surface area contributed by atoms with Gasteiger partial charge in [-0.05, 0) is 22.9 Å². The summed E-state index contributed by atoms with van der Waals surface area (Å²) in [6.07, 6.45) is 8.00. The second-order valence-electron chi connectivity index (χ2n) is 1.95. The van der Waals surface area contributed by atoms with E-state index in [0.717, 1.165) is 0 Å². The summed E-state index contributed by atoms with van der Waals surface area (Å²) in [5.41, 5.74) is 0. The molecular formula is C10H8S2. The van der Waals surface area contributed by atoms with Crippen molar-refractivity contribution >= 4 is 22.7 Å². The lowest BCUT2D eigenvalue weighted by Gasteiger charge is -1.84. The van der Waals surface area contributed by atoms with E-state index in [4.69, 9.17) is 0 Å². The molecule has 0 saturated heterocycles. The molecule has 0 radical (unpaired) electrons. The maximum atomic E-state index is 4.00. The van der Waals surface area contributed by atoms with Crippen LogP contribution in [-0.4, -0.2) is 0 Å². The topological polar surface area (TPSA) is 0 Å². The lowest BCUT2D eigenvalue weighted by atomic mass is 10.4. The van der Waals surface area contributed by atoms with E-state index in [1.807, 2.05) is 0 Å². The first-order valence-corrected chi connectivity index (χ1v) is 5.13. The van der Waals surface area contributed by atoms with E-state index in [0.29, 0.717) is 0 Å². The zero-order valence-corrected chi connectivity index (χ0v) is 8.07. The molecule has 0 aliphatic rings. The van der Waals surface area contributed by atoms with Crippen molar-refractivity contribution in [2.24, 2.45) is 0 Å². The summed E-state index contributed by atoms with van der Waals surface area (Å²) in [6, 6.07) is 8.46. The van der Waals surface area contributed by atoms with Crippen molar-refractivity contribution in [2.75, 3.05) is 0 Å². The molecule has 0 N–H and O–H groups in total. The highest BCUT2D eigenvalue weighted by Crippen LogP contribution is 2.28. The molecule has 2 aromatic heterocycles. The van der Waals surface area contributed by atoms with E-state index in [1.165, 1.54) is 9.75 Å². The molecule has 0 fully saturated rings. The van der Waals surface area contributed by atoms with Crippen molar-refractivity contribution in [1.29, 1.82) is 0 Å². The third-order valence-electron chi connectivity index (χ3n) is 1.29. The van der Waals surface area contributed by atoms with Gasteiger partial charge in [-0.1, -0.05) is 12.1 Å². The van der Waals surface area contributed by atoms with Gasteiger partial charge in [0.2, 0.25) is 0 Å². The normalized spacial score (nSPS) is 8.50. The van der Waals surface area contributed by atoms with Crippen LogP contribution < -0.4 is 0 Å². The maximum Gasteiger partial charge on any atom is 0.0442 e. The molecule has 0 aliphatic carbocycles. The fraction of sp³-hybridized carbons (Fsp3) is 0. The Morgan fingerprint density at radius 2 is 1.25 bits per heavy atom. The van der Waals surface area contributed by atoms with Crippen molar-refractivity contribution < 1.29 is 0 Å². The predicted octanol–water partition coefficient (Wildman–Crippen LogP) is 3.73. The number of rotatable bonds is 1. The molecule has 0 bridgehead atoms. The smallest absolute Gasteiger partial charge is 0.0442 e. The van der Waals surface area contributed by atoms with E-state index in [2.05, 4.69) is 47.9 Å². The van der Waals surface area contributed by atoms with Gasteiger partial charge in [-0.2, -0.15) is 0 Å². The molecule has 0 atom stereocenters. The molecule has 0 unspecified atom stereocenters. The number of thiophene rings is 2. The zero-order valence-electron chi connectivity index (χ0n) is 6.44. The molecule has 0 nitrogen and oxygen atoms in total. The van der Waals surface area contributed by atoms with Crippen LogP contribution in [0.25, 0.3) is 9.75 Å². The second kappa shape index (κ2) is 4.76. The quantitative estimate of drug-likeness (QED) is 0.604. The van der Waals surface area contributed by atoms with Gasteiger partial charge in [0.1, 0.15) is 0 Å². The first-order chi connectivity index (χ1) is 5.97. The van der Waals surface area contributed by atoms with Crippen molar-refractivity contribution in [3.8, 4) is 22.6 Å². The average Bonchev–Trinajstić information content (AvgIpc) is 2.80. The van der Waals surface area contributed by atoms with Crippen LogP contribution in [0.4, 0.5) is 0 Å². The van der Waals surface area contributed by atoms with Crippen LogP contribution in [0.15, 0.2) is 35.0 Å². The second-order valence-corrected chi connectivity index (χ2v) is 3.85. The van der Waals surface area contributed by atoms with Gasteiger partial charge < -0.3 is 0 Å². The molecule has 0 amide bonds. The highest BCUT2D eigenvalue weighted by atomic mass is 32.1. The van der Waals surface area contributed by atoms with E-state index in [1.54, 1.807) is 22.7 Å². The number of hydrogen-bond acceptors (Lipinski definition) is 2. The van der Waals surface area contributed by atoms with Gasteiger partial charge in [-0.25, -0.2) is 0 Å². The van der Waals surface area contributed by atoms with Gasteiger partial charge in [0.25, 0.3) is 0 Å². The van der Waals surface area contributed by atoms with Crippen molar-refractivity contribution in [1.82, 2.24) is 0 Å². The summed E-state index contributed by atoms with van der Waals surface area (Å²) in [5, 5.41) is 4.21. The predicted molar refractivity (Wildman–Crippen MR) is 57.5 cm³/mol. The Balaban J connectivity index is 0.000000336. The summed E-state index contributed by atoms with van der Waals surface area (Å²) in [4.78, 5) is 2.74. The van der Waals surface area contributed by atoms with Gasteiger partial charge in [0, 0.05) is 9.75 Å². The molecule has 2 heteroatoms. The Labute approximate surface area is 80.5 Å².